The highest BCUT2D eigenvalue weighted by Crippen LogP contribution is 2.17. The molecule has 0 N–H and O–H groups in total. The van der Waals surface area contributed by atoms with E-state index in [4.69, 9.17) is 4.74 Å². The summed E-state index contributed by atoms with van der Waals surface area (Å²) in [4.78, 5) is 0. The van der Waals surface area contributed by atoms with E-state index in [9.17, 15) is 0 Å². The molecule has 1 rings (SSSR count). The molecule has 11 heavy (non-hydrogen) atoms. The predicted molar refractivity (Wildman–Crippen MR) is 49.7 cm³/mol. The van der Waals surface area contributed by atoms with E-state index >= 15 is 0 Å². The van der Waals surface area contributed by atoms with Gasteiger partial charge in [-0.05, 0) is 18.8 Å². The van der Waals surface area contributed by atoms with Crippen LogP contribution in [0.5, 0.6) is 0 Å². The molecule has 66 valence electrons. The van der Waals surface area contributed by atoms with Crippen LogP contribution in [0.4, 0.5) is 0 Å². The van der Waals surface area contributed by atoms with Crippen molar-refractivity contribution in [2.24, 2.45) is 5.92 Å². The number of methoxy groups -OCH3 is 1. The van der Waals surface area contributed by atoms with Crippen LogP contribution in [0.1, 0.15) is 33.6 Å². The first-order valence-electron chi connectivity index (χ1n) is 4.54. The molecule has 1 aliphatic rings. The summed E-state index contributed by atoms with van der Waals surface area (Å²) in [7, 11) is 1.77. The van der Waals surface area contributed by atoms with E-state index in [1.165, 1.54) is 12.8 Å². The Kier molecular flexibility index (Phi) is 6.24. The van der Waals surface area contributed by atoms with Crippen LogP contribution in [-0.4, -0.2) is 13.2 Å². The second-order valence-electron chi connectivity index (χ2n) is 2.71. The van der Waals surface area contributed by atoms with Gasteiger partial charge in [-0.25, -0.2) is 0 Å². The lowest BCUT2D eigenvalue weighted by molar-refractivity contribution is 0.123. The molecule has 0 amide bonds. The summed E-state index contributed by atoms with van der Waals surface area (Å²) in [6.07, 6.45) is 7.25. The molecule has 0 aromatic rings. The second kappa shape index (κ2) is 6.41. The first kappa shape index (κ1) is 10.7. The lowest BCUT2D eigenvalue weighted by Crippen LogP contribution is -2.12. The average molecular weight is 156 g/mol. The van der Waals surface area contributed by atoms with E-state index < -0.39 is 0 Å². The van der Waals surface area contributed by atoms with Gasteiger partial charge >= 0.3 is 0 Å². The third kappa shape index (κ3) is 4.20. The minimum Gasteiger partial charge on any atom is -0.377 e. The summed E-state index contributed by atoms with van der Waals surface area (Å²) in [6.45, 7) is 6.24. The Balaban J connectivity index is 0.000000461. The van der Waals surface area contributed by atoms with Crippen LogP contribution in [0.2, 0.25) is 0 Å². The van der Waals surface area contributed by atoms with Crippen molar-refractivity contribution in [3.63, 3.8) is 0 Å². The molecule has 0 fully saturated rings. The first-order valence-corrected chi connectivity index (χ1v) is 4.54. The molecule has 0 aromatic heterocycles. The van der Waals surface area contributed by atoms with E-state index in [1.807, 2.05) is 13.8 Å². The number of hydrogen-bond donors (Lipinski definition) is 0. The lowest BCUT2D eigenvalue weighted by atomic mass is 9.96. The largest absolute Gasteiger partial charge is 0.377 e. The normalized spacial score (nSPS) is 29.1. The molecule has 0 aliphatic heterocycles. The molecule has 0 aromatic carbocycles. The molecule has 0 saturated heterocycles. The van der Waals surface area contributed by atoms with Gasteiger partial charge < -0.3 is 4.74 Å². The highest BCUT2D eigenvalue weighted by atomic mass is 16.5. The van der Waals surface area contributed by atoms with Crippen LogP contribution in [0.15, 0.2) is 12.2 Å². The maximum absolute atomic E-state index is 5.15. The van der Waals surface area contributed by atoms with Crippen LogP contribution in [0.3, 0.4) is 0 Å². The molecule has 0 saturated carbocycles. The topological polar surface area (TPSA) is 9.23 Å². The first-order chi connectivity index (χ1) is 5.33. The smallest absolute Gasteiger partial charge is 0.0752 e. The Hall–Kier alpha value is -0.300. The minimum absolute atomic E-state index is 0.390. The van der Waals surface area contributed by atoms with Crippen molar-refractivity contribution in [2.75, 3.05) is 7.11 Å². The van der Waals surface area contributed by atoms with Gasteiger partial charge in [-0.2, -0.15) is 0 Å². The highest BCUT2D eigenvalue weighted by molar-refractivity contribution is 4.97. The quantitative estimate of drug-likeness (QED) is 0.530. The van der Waals surface area contributed by atoms with Gasteiger partial charge in [0.1, 0.15) is 0 Å². The molecule has 0 spiro atoms. The summed E-state index contributed by atoms with van der Waals surface area (Å²) in [5.41, 5.74) is 0. The monoisotopic (exact) mass is 156 g/mol. The Morgan fingerprint density at radius 3 is 2.18 bits per heavy atom. The summed E-state index contributed by atoms with van der Waals surface area (Å²) in [5.74, 6) is 0.761. The number of ether oxygens (including phenoxy) is 1. The molecule has 0 radical (unpaired) electrons. The van der Waals surface area contributed by atoms with Crippen molar-refractivity contribution in [2.45, 2.75) is 39.7 Å². The van der Waals surface area contributed by atoms with Crippen molar-refractivity contribution in [1.29, 1.82) is 0 Å². The van der Waals surface area contributed by atoms with Gasteiger partial charge in [0.05, 0.1) is 6.10 Å². The third-order valence-corrected chi connectivity index (χ3v) is 1.86. The SMILES string of the molecule is CC.COC1C=CC(C)CC1. The van der Waals surface area contributed by atoms with E-state index in [2.05, 4.69) is 19.1 Å². The van der Waals surface area contributed by atoms with E-state index in [0.29, 0.717) is 6.10 Å². The highest BCUT2D eigenvalue weighted by Gasteiger charge is 2.10. The average Bonchev–Trinajstić information content (AvgIpc) is 2.10. The zero-order chi connectivity index (χ0) is 8.69. The molecule has 1 aliphatic carbocycles. The molecular weight excluding hydrogens is 136 g/mol. The molecule has 0 heterocycles. The van der Waals surface area contributed by atoms with E-state index in [1.54, 1.807) is 7.11 Å². The molecule has 1 nitrogen and oxygen atoms in total. The van der Waals surface area contributed by atoms with Gasteiger partial charge in [0, 0.05) is 7.11 Å². The zero-order valence-corrected chi connectivity index (χ0v) is 8.13. The van der Waals surface area contributed by atoms with Gasteiger partial charge in [0.15, 0.2) is 0 Å². The van der Waals surface area contributed by atoms with E-state index in [-0.39, 0.29) is 0 Å². The van der Waals surface area contributed by atoms with Crippen LogP contribution in [0, 0.1) is 5.92 Å². The van der Waals surface area contributed by atoms with Gasteiger partial charge in [0.2, 0.25) is 0 Å². The molecule has 1 heteroatoms. The van der Waals surface area contributed by atoms with Crippen molar-refractivity contribution < 1.29 is 4.74 Å². The Bertz CT molecular complexity index is 107. The van der Waals surface area contributed by atoms with Crippen LogP contribution >= 0.6 is 0 Å². The summed E-state index contributed by atoms with van der Waals surface area (Å²) < 4.78 is 5.15. The fourth-order valence-electron chi connectivity index (χ4n) is 1.13. The lowest BCUT2D eigenvalue weighted by Gasteiger charge is -2.18. The molecule has 0 bridgehead atoms. The van der Waals surface area contributed by atoms with Crippen molar-refractivity contribution in [1.82, 2.24) is 0 Å². The Morgan fingerprint density at radius 1 is 1.18 bits per heavy atom. The number of hydrogen-bond acceptors (Lipinski definition) is 1. The number of allylic oxidation sites excluding steroid dienone is 1. The summed E-state index contributed by atoms with van der Waals surface area (Å²) in [5, 5.41) is 0. The minimum atomic E-state index is 0.390. The molecule has 2 atom stereocenters. The van der Waals surface area contributed by atoms with Crippen molar-refractivity contribution in [3.05, 3.63) is 12.2 Å². The Labute approximate surface area is 70.4 Å². The van der Waals surface area contributed by atoms with Crippen molar-refractivity contribution >= 4 is 0 Å². The number of rotatable bonds is 1. The fraction of sp³-hybridized carbons (Fsp3) is 0.800. The van der Waals surface area contributed by atoms with Crippen LogP contribution < -0.4 is 0 Å². The van der Waals surface area contributed by atoms with Crippen LogP contribution in [0.25, 0.3) is 0 Å². The molecular formula is C10H20O. The summed E-state index contributed by atoms with van der Waals surface area (Å²) in [6, 6.07) is 0. The van der Waals surface area contributed by atoms with Crippen molar-refractivity contribution in [3.8, 4) is 0 Å². The Morgan fingerprint density at radius 2 is 1.82 bits per heavy atom. The van der Waals surface area contributed by atoms with Gasteiger partial charge in [-0.3, -0.25) is 0 Å². The van der Waals surface area contributed by atoms with Gasteiger partial charge in [-0.15, -0.1) is 0 Å². The predicted octanol–water partition coefficient (Wildman–Crippen LogP) is 3.01. The fourth-order valence-corrected chi connectivity index (χ4v) is 1.13. The third-order valence-electron chi connectivity index (χ3n) is 1.86. The van der Waals surface area contributed by atoms with Gasteiger partial charge in [-0.1, -0.05) is 32.9 Å². The molecule has 2 unspecified atom stereocenters. The zero-order valence-electron chi connectivity index (χ0n) is 8.13. The second-order valence-corrected chi connectivity index (χ2v) is 2.71. The standard InChI is InChI=1S/C8H14O.C2H6/c1-7-3-5-8(9-2)6-4-7;1-2/h3,5,7-8H,4,6H2,1-2H3;1-2H3. The van der Waals surface area contributed by atoms with Crippen LogP contribution in [-0.2, 0) is 4.74 Å². The maximum atomic E-state index is 5.15. The summed E-state index contributed by atoms with van der Waals surface area (Å²) >= 11 is 0. The van der Waals surface area contributed by atoms with E-state index in [0.717, 1.165) is 5.92 Å². The maximum Gasteiger partial charge on any atom is 0.0752 e. The van der Waals surface area contributed by atoms with Gasteiger partial charge in [0.25, 0.3) is 0 Å².